The van der Waals surface area contributed by atoms with Gasteiger partial charge in [0, 0.05) is 17.3 Å². The molecule has 1 heterocycles. The van der Waals surface area contributed by atoms with Crippen LogP contribution in [-0.4, -0.2) is 24.6 Å². The highest BCUT2D eigenvalue weighted by Crippen LogP contribution is 2.36. The van der Waals surface area contributed by atoms with E-state index in [0.717, 1.165) is 5.46 Å². The molecule has 0 amide bonds. The molecule has 1 aromatic carbocycles. The molecule has 6 heteroatoms. The molecule has 104 valence electrons. The van der Waals surface area contributed by atoms with Crippen LogP contribution in [0.3, 0.4) is 0 Å². The molecule has 1 aromatic rings. The first-order valence-corrected chi connectivity index (χ1v) is 7.65. The zero-order valence-electron chi connectivity index (χ0n) is 11.8. The molecule has 2 rings (SSSR count). The molecule has 1 aliphatic heterocycles. The van der Waals surface area contributed by atoms with Crippen molar-refractivity contribution in [1.82, 2.24) is 0 Å². The first-order valence-electron chi connectivity index (χ1n) is 6.12. The van der Waals surface area contributed by atoms with Crippen molar-refractivity contribution in [3.8, 4) is 5.75 Å². The third-order valence-corrected chi connectivity index (χ3v) is 4.18. The minimum Gasteiger partial charge on any atom is -0.426 e. The quantitative estimate of drug-likeness (QED) is 0.632. The molecule has 1 saturated heterocycles. The van der Waals surface area contributed by atoms with Crippen LogP contribution < -0.4 is 9.65 Å². The lowest BCUT2D eigenvalue weighted by Crippen LogP contribution is -2.41. The van der Waals surface area contributed by atoms with Crippen molar-refractivity contribution in [1.29, 1.82) is 0 Å². The first kappa shape index (κ1) is 15.0. The Labute approximate surface area is 124 Å². The maximum atomic E-state index is 6.11. The van der Waals surface area contributed by atoms with Crippen molar-refractivity contribution < 1.29 is 13.5 Å². The Morgan fingerprint density at radius 3 is 2.21 bits per heavy atom. The van der Waals surface area contributed by atoms with Crippen LogP contribution in [-0.2, 0) is 9.31 Å². The molecule has 1 fully saturated rings. The highest BCUT2D eigenvalue weighted by molar-refractivity contribution is 7.94. The van der Waals surface area contributed by atoms with Crippen molar-refractivity contribution in [2.75, 3.05) is 6.26 Å². The fourth-order valence-corrected chi connectivity index (χ4v) is 2.37. The Balaban J connectivity index is 2.29. The van der Waals surface area contributed by atoms with E-state index < -0.39 is 7.12 Å². The summed E-state index contributed by atoms with van der Waals surface area (Å²) in [4.78, 5) is 0. The fraction of sp³-hybridized carbons (Fsp3) is 0.538. The maximum Gasteiger partial charge on any atom is 0.495 e. The molecule has 0 spiro atoms. The van der Waals surface area contributed by atoms with Gasteiger partial charge >= 0.3 is 7.12 Å². The van der Waals surface area contributed by atoms with Crippen molar-refractivity contribution in [2.45, 2.75) is 38.9 Å². The van der Waals surface area contributed by atoms with Gasteiger partial charge in [-0.05, 0) is 45.3 Å². The van der Waals surface area contributed by atoms with Gasteiger partial charge in [0.05, 0.1) is 23.2 Å². The summed E-state index contributed by atoms with van der Waals surface area (Å²) in [5.41, 5.74) is 0.149. The van der Waals surface area contributed by atoms with Crippen LogP contribution in [0.5, 0.6) is 5.75 Å². The van der Waals surface area contributed by atoms with E-state index in [2.05, 4.69) is 0 Å². The normalized spacial score (nSPS) is 20.6. The Bertz CT molecular complexity index is 463. The molecule has 0 bridgehead atoms. The van der Waals surface area contributed by atoms with Crippen LogP contribution in [0.25, 0.3) is 0 Å². The maximum absolute atomic E-state index is 6.11. The monoisotopic (exact) mass is 300 g/mol. The van der Waals surface area contributed by atoms with Crippen molar-refractivity contribution in [3.63, 3.8) is 0 Å². The summed E-state index contributed by atoms with van der Waals surface area (Å²) in [7, 11) is -0.423. The van der Waals surface area contributed by atoms with E-state index in [1.54, 1.807) is 6.07 Å². The van der Waals surface area contributed by atoms with Crippen LogP contribution in [0.4, 0.5) is 0 Å². The number of rotatable bonds is 3. The molecule has 0 aromatic heterocycles. The third kappa shape index (κ3) is 3.05. The predicted molar refractivity (Wildman–Crippen MR) is 81.3 cm³/mol. The second-order valence-corrected chi connectivity index (χ2v) is 6.49. The summed E-state index contributed by atoms with van der Waals surface area (Å²) in [6, 6.07) is 5.51. The molecule has 0 unspecified atom stereocenters. The summed E-state index contributed by atoms with van der Waals surface area (Å²) in [6.45, 7) is 8.10. The topological polar surface area (TPSA) is 27.7 Å². The minimum absolute atomic E-state index is 0.361. The van der Waals surface area contributed by atoms with Crippen LogP contribution in [0.15, 0.2) is 18.2 Å². The summed E-state index contributed by atoms with van der Waals surface area (Å²) < 4.78 is 17.4. The summed E-state index contributed by atoms with van der Waals surface area (Å²) in [6.07, 6.45) is 1.86. The summed E-state index contributed by atoms with van der Waals surface area (Å²) >= 11 is 7.38. The van der Waals surface area contributed by atoms with E-state index >= 15 is 0 Å². The molecule has 3 nitrogen and oxygen atoms in total. The average molecular weight is 301 g/mol. The Morgan fingerprint density at radius 2 is 1.68 bits per heavy atom. The lowest BCUT2D eigenvalue weighted by atomic mass is 9.79. The molecule has 0 aliphatic carbocycles. The van der Waals surface area contributed by atoms with Gasteiger partial charge in [0.15, 0.2) is 0 Å². The molecule has 1 aliphatic rings. The summed E-state index contributed by atoms with van der Waals surface area (Å²) in [5.74, 6) is 0.699. The standard InChI is InChI=1S/C13H18BClO3S/c1-12(2)13(3,4)18-14(17-12)9-6-10(15)8-11(7-9)16-19-5/h6-8H,1-5H3. The summed E-state index contributed by atoms with van der Waals surface area (Å²) in [5, 5.41) is 0.608. The van der Waals surface area contributed by atoms with Gasteiger partial charge in [0.2, 0.25) is 0 Å². The fourth-order valence-electron chi connectivity index (χ4n) is 1.84. The smallest absolute Gasteiger partial charge is 0.426 e. The third-order valence-electron chi connectivity index (χ3n) is 3.60. The highest BCUT2D eigenvalue weighted by atomic mass is 35.5. The second kappa shape index (κ2) is 5.21. The Morgan fingerprint density at radius 1 is 1.11 bits per heavy atom. The highest BCUT2D eigenvalue weighted by Gasteiger charge is 2.51. The van der Waals surface area contributed by atoms with Gasteiger partial charge in [-0.2, -0.15) is 0 Å². The van der Waals surface area contributed by atoms with Crippen molar-refractivity contribution in [2.24, 2.45) is 0 Å². The van der Waals surface area contributed by atoms with E-state index in [0.29, 0.717) is 10.8 Å². The molecule has 0 N–H and O–H groups in total. The Kier molecular flexibility index (Phi) is 4.12. The van der Waals surface area contributed by atoms with Gasteiger partial charge in [-0.25, -0.2) is 0 Å². The molecule has 0 saturated carbocycles. The largest absolute Gasteiger partial charge is 0.495 e. The number of hydrogen-bond acceptors (Lipinski definition) is 4. The average Bonchev–Trinajstić information content (AvgIpc) is 2.48. The molecule has 0 radical (unpaired) electrons. The zero-order valence-corrected chi connectivity index (χ0v) is 13.4. The predicted octanol–water partition coefficient (Wildman–Crippen LogP) is 3.30. The second-order valence-electron chi connectivity index (χ2n) is 5.56. The van der Waals surface area contributed by atoms with Gasteiger partial charge in [-0.15, -0.1) is 0 Å². The number of halogens is 1. The van der Waals surface area contributed by atoms with Gasteiger partial charge in [-0.1, -0.05) is 11.6 Å². The first-order chi connectivity index (χ1) is 8.75. The lowest BCUT2D eigenvalue weighted by Gasteiger charge is -2.32. The minimum atomic E-state index is -0.423. The number of hydrogen-bond donors (Lipinski definition) is 0. The lowest BCUT2D eigenvalue weighted by molar-refractivity contribution is 0.00578. The van der Waals surface area contributed by atoms with Crippen molar-refractivity contribution >= 4 is 36.2 Å². The van der Waals surface area contributed by atoms with Crippen LogP contribution in [0.2, 0.25) is 5.02 Å². The van der Waals surface area contributed by atoms with Gasteiger partial charge in [0.25, 0.3) is 0 Å². The molecular formula is C13H18BClO3S. The van der Waals surface area contributed by atoms with Gasteiger partial charge < -0.3 is 13.5 Å². The molecule has 19 heavy (non-hydrogen) atoms. The van der Waals surface area contributed by atoms with Gasteiger partial charge in [-0.3, -0.25) is 0 Å². The van der Waals surface area contributed by atoms with E-state index in [4.69, 9.17) is 25.1 Å². The zero-order chi connectivity index (χ0) is 14.3. The van der Waals surface area contributed by atoms with Crippen LogP contribution in [0, 0.1) is 0 Å². The van der Waals surface area contributed by atoms with E-state index in [9.17, 15) is 0 Å². The van der Waals surface area contributed by atoms with Crippen molar-refractivity contribution in [3.05, 3.63) is 23.2 Å². The Hall–Kier alpha value is -0.355. The number of benzene rings is 1. The van der Waals surface area contributed by atoms with Gasteiger partial charge in [0.1, 0.15) is 5.75 Å². The SMILES string of the molecule is CSOc1cc(Cl)cc(B2OC(C)(C)C(C)(C)O2)c1. The van der Waals surface area contributed by atoms with Crippen LogP contribution >= 0.6 is 23.6 Å². The van der Waals surface area contributed by atoms with E-state index in [1.165, 1.54) is 12.0 Å². The molecule has 0 atom stereocenters. The molecular weight excluding hydrogens is 282 g/mol. The van der Waals surface area contributed by atoms with E-state index in [1.807, 2.05) is 46.1 Å². The van der Waals surface area contributed by atoms with Crippen LogP contribution in [0.1, 0.15) is 27.7 Å². The van der Waals surface area contributed by atoms with E-state index in [-0.39, 0.29) is 11.2 Å².